The van der Waals surface area contributed by atoms with Gasteiger partial charge in [0, 0.05) is 32.2 Å². The van der Waals surface area contributed by atoms with Crippen LogP contribution in [0.25, 0.3) is 10.8 Å². The zero-order valence-electron chi connectivity index (χ0n) is 13.1. The maximum Gasteiger partial charge on any atom is 0.116 e. The molecule has 1 saturated carbocycles. The number of phenolic OH excluding ortho intramolecular Hbond substituents is 1. The van der Waals surface area contributed by atoms with Crippen LogP contribution in [0, 0.1) is 5.92 Å². The number of hydrogen-bond acceptors (Lipinski definition) is 3. The van der Waals surface area contributed by atoms with E-state index in [0.29, 0.717) is 11.8 Å². The lowest BCUT2D eigenvalue weighted by Crippen LogP contribution is -2.45. The van der Waals surface area contributed by atoms with Crippen molar-refractivity contribution in [3.05, 3.63) is 42.0 Å². The van der Waals surface area contributed by atoms with E-state index in [-0.39, 0.29) is 24.8 Å². The first-order valence-corrected chi connectivity index (χ1v) is 7.99. The number of aromatic hydroxyl groups is 1. The van der Waals surface area contributed by atoms with E-state index < -0.39 is 0 Å². The van der Waals surface area contributed by atoms with Gasteiger partial charge in [0.05, 0.1) is 0 Å². The molecule has 4 rings (SSSR count). The number of benzene rings is 2. The van der Waals surface area contributed by atoms with E-state index in [4.69, 9.17) is 0 Å². The van der Waals surface area contributed by atoms with Crippen molar-refractivity contribution in [2.24, 2.45) is 5.92 Å². The van der Waals surface area contributed by atoms with Gasteiger partial charge < -0.3 is 10.4 Å². The Labute approximate surface area is 149 Å². The molecule has 3 nitrogen and oxygen atoms in total. The quantitative estimate of drug-likeness (QED) is 0.880. The topological polar surface area (TPSA) is 35.5 Å². The van der Waals surface area contributed by atoms with Crippen molar-refractivity contribution in [1.29, 1.82) is 0 Å². The Morgan fingerprint density at radius 3 is 2.30 bits per heavy atom. The van der Waals surface area contributed by atoms with E-state index in [9.17, 15) is 5.11 Å². The van der Waals surface area contributed by atoms with Gasteiger partial charge in [-0.05, 0) is 53.3 Å². The molecule has 1 saturated heterocycles. The number of hydrogen-bond donors (Lipinski definition) is 2. The Hall–Kier alpha value is -1.00. The van der Waals surface area contributed by atoms with Gasteiger partial charge in [-0.15, -0.1) is 24.8 Å². The standard InChI is InChI=1S/C18H22N2O.2ClH/c21-17-6-5-14-11-16(4-3-15(14)12-17)18(13-1-2-13)20-9-7-19-8-10-20;;/h3-6,11-13,18-19,21H,1-2,7-10H2;2*1H/t18-;;/m0../s1. The van der Waals surface area contributed by atoms with E-state index in [2.05, 4.69) is 28.4 Å². The van der Waals surface area contributed by atoms with Crippen LogP contribution in [0.15, 0.2) is 36.4 Å². The van der Waals surface area contributed by atoms with Crippen molar-refractivity contribution < 1.29 is 5.11 Å². The SMILES string of the molecule is Cl.Cl.Oc1ccc2cc([C@H](C3CC3)N3CCNCC3)ccc2c1. The summed E-state index contributed by atoms with van der Waals surface area (Å²) < 4.78 is 0. The van der Waals surface area contributed by atoms with Crippen LogP contribution in [0.5, 0.6) is 5.75 Å². The number of halogens is 2. The fraction of sp³-hybridized carbons (Fsp3) is 0.444. The molecule has 0 radical (unpaired) electrons. The molecular formula is C18H24Cl2N2O. The lowest BCUT2D eigenvalue weighted by atomic mass is 9.96. The number of nitrogens with zero attached hydrogens (tertiary/aromatic N) is 1. The van der Waals surface area contributed by atoms with Gasteiger partial charge in [-0.3, -0.25) is 4.90 Å². The number of fused-ring (bicyclic) bond motifs is 1. The Morgan fingerprint density at radius 2 is 1.61 bits per heavy atom. The predicted molar refractivity (Wildman–Crippen MR) is 100 cm³/mol. The van der Waals surface area contributed by atoms with Crippen LogP contribution in [-0.4, -0.2) is 36.2 Å². The molecule has 2 aromatic carbocycles. The van der Waals surface area contributed by atoms with Crippen LogP contribution in [0.2, 0.25) is 0 Å². The first-order valence-electron chi connectivity index (χ1n) is 7.99. The van der Waals surface area contributed by atoms with Crippen molar-refractivity contribution in [3.8, 4) is 5.75 Å². The number of rotatable bonds is 3. The predicted octanol–water partition coefficient (Wildman–Crippen LogP) is 3.75. The van der Waals surface area contributed by atoms with Crippen molar-refractivity contribution >= 4 is 35.6 Å². The number of phenols is 1. The number of piperazine rings is 1. The fourth-order valence-electron chi connectivity index (χ4n) is 3.59. The minimum Gasteiger partial charge on any atom is -0.508 e. The summed E-state index contributed by atoms with van der Waals surface area (Å²) in [4.78, 5) is 2.65. The van der Waals surface area contributed by atoms with Crippen molar-refractivity contribution in [1.82, 2.24) is 10.2 Å². The molecule has 1 atom stereocenters. The van der Waals surface area contributed by atoms with Crippen molar-refractivity contribution in [2.75, 3.05) is 26.2 Å². The van der Waals surface area contributed by atoms with Crippen LogP contribution in [0.1, 0.15) is 24.4 Å². The van der Waals surface area contributed by atoms with Crippen LogP contribution < -0.4 is 5.32 Å². The van der Waals surface area contributed by atoms with Gasteiger partial charge in [0.1, 0.15) is 5.75 Å². The van der Waals surface area contributed by atoms with Crippen molar-refractivity contribution in [2.45, 2.75) is 18.9 Å². The summed E-state index contributed by atoms with van der Waals surface area (Å²) in [6.07, 6.45) is 2.73. The van der Waals surface area contributed by atoms with E-state index in [1.807, 2.05) is 12.1 Å². The van der Waals surface area contributed by atoms with Gasteiger partial charge in [0.25, 0.3) is 0 Å². The largest absolute Gasteiger partial charge is 0.508 e. The van der Waals surface area contributed by atoms with E-state index >= 15 is 0 Å². The van der Waals surface area contributed by atoms with Crippen molar-refractivity contribution in [3.63, 3.8) is 0 Å². The lowest BCUT2D eigenvalue weighted by Gasteiger charge is -2.35. The highest BCUT2D eigenvalue weighted by Crippen LogP contribution is 2.45. The molecular weight excluding hydrogens is 331 g/mol. The van der Waals surface area contributed by atoms with Gasteiger partial charge >= 0.3 is 0 Å². The molecule has 0 spiro atoms. The Kier molecular flexibility index (Phi) is 6.15. The molecule has 23 heavy (non-hydrogen) atoms. The van der Waals surface area contributed by atoms with Crippen LogP contribution in [0.3, 0.4) is 0 Å². The van der Waals surface area contributed by atoms with Gasteiger partial charge in [-0.25, -0.2) is 0 Å². The monoisotopic (exact) mass is 354 g/mol. The van der Waals surface area contributed by atoms with Crippen LogP contribution in [0.4, 0.5) is 0 Å². The third-order valence-corrected chi connectivity index (χ3v) is 4.80. The molecule has 1 aliphatic carbocycles. The van der Waals surface area contributed by atoms with Gasteiger partial charge in [0.2, 0.25) is 0 Å². The second kappa shape index (κ2) is 7.71. The average molecular weight is 355 g/mol. The zero-order chi connectivity index (χ0) is 14.2. The molecule has 0 bridgehead atoms. The minimum atomic E-state index is 0. The number of nitrogens with one attached hydrogen (secondary N) is 1. The molecule has 2 aliphatic rings. The summed E-state index contributed by atoms with van der Waals surface area (Å²) in [5.41, 5.74) is 1.44. The van der Waals surface area contributed by atoms with Gasteiger partial charge in [0.15, 0.2) is 0 Å². The zero-order valence-corrected chi connectivity index (χ0v) is 14.7. The van der Waals surface area contributed by atoms with Gasteiger partial charge in [-0.1, -0.05) is 18.2 Å². The van der Waals surface area contributed by atoms with Crippen LogP contribution >= 0.6 is 24.8 Å². The molecule has 1 aliphatic heterocycles. The molecule has 2 fully saturated rings. The maximum absolute atomic E-state index is 9.60. The summed E-state index contributed by atoms with van der Waals surface area (Å²) in [6, 6.07) is 13.0. The normalized spacial score (nSPS) is 19.7. The van der Waals surface area contributed by atoms with E-state index in [1.165, 1.54) is 23.8 Å². The highest BCUT2D eigenvalue weighted by Gasteiger charge is 2.36. The summed E-state index contributed by atoms with van der Waals surface area (Å²) in [6.45, 7) is 4.50. The molecule has 5 heteroatoms. The Bertz CT molecular complexity index is 655. The summed E-state index contributed by atoms with van der Waals surface area (Å²) in [5.74, 6) is 1.17. The molecule has 0 unspecified atom stereocenters. The summed E-state index contributed by atoms with van der Waals surface area (Å²) in [7, 11) is 0. The molecule has 2 aromatic rings. The molecule has 126 valence electrons. The molecule has 0 amide bonds. The van der Waals surface area contributed by atoms with E-state index in [1.54, 1.807) is 6.07 Å². The Morgan fingerprint density at radius 1 is 0.957 bits per heavy atom. The highest BCUT2D eigenvalue weighted by atomic mass is 35.5. The Balaban J connectivity index is 0.000000960. The third kappa shape index (κ3) is 3.92. The average Bonchev–Trinajstić information content (AvgIpc) is 3.33. The summed E-state index contributed by atoms with van der Waals surface area (Å²) >= 11 is 0. The third-order valence-electron chi connectivity index (χ3n) is 4.80. The van der Waals surface area contributed by atoms with Gasteiger partial charge in [-0.2, -0.15) is 0 Å². The maximum atomic E-state index is 9.60. The first kappa shape index (κ1) is 18.3. The summed E-state index contributed by atoms with van der Waals surface area (Å²) in [5, 5.41) is 15.4. The first-order chi connectivity index (χ1) is 10.3. The molecule has 2 N–H and O–H groups in total. The van der Waals surface area contributed by atoms with Crippen LogP contribution in [-0.2, 0) is 0 Å². The molecule has 0 aromatic heterocycles. The molecule has 1 heterocycles. The fourth-order valence-corrected chi connectivity index (χ4v) is 3.59. The smallest absolute Gasteiger partial charge is 0.116 e. The lowest BCUT2D eigenvalue weighted by molar-refractivity contribution is 0.156. The van der Waals surface area contributed by atoms with E-state index in [0.717, 1.165) is 37.5 Å². The second-order valence-corrected chi connectivity index (χ2v) is 6.36. The minimum absolute atomic E-state index is 0. The highest BCUT2D eigenvalue weighted by molar-refractivity contribution is 5.86. The second-order valence-electron chi connectivity index (χ2n) is 6.36.